The SMILES string of the molecule is Oc1c(C=N[C@H]2CCCC[C@@H]2N=Cc2cc3ccccc3c(-c3c(-c4ccccc4)ccc4ccccc34)c2O)cc2ccccc2c1-c1c(-c2ccccc2)ccc2ccccc12. The molecule has 2 N–H and O–H groups in total. The lowest BCUT2D eigenvalue weighted by Crippen LogP contribution is -2.27. The molecule has 0 heterocycles. The zero-order valence-corrected chi connectivity index (χ0v) is 35.4. The summed E-state index contributed by atoms with van der Waals surface area (Å²) in [4.78, 5) is 10.5. The molecule has 4 heteroatoms. The van der Waals surface area contributed by atoms with Crippen LogP contribution in [0.15, 0.2) is 204 Å². The molecule has 4 nitrogen and oxygen atoms in total. The van der Waals surface area contributed by atoms with Gasteiger partial charge in [0.25, 0.3) is 0 Å². The average Bonchev–Trinajstić information content (AvgIpc) is 3.35. The summed E-state index contributed by atoms with van der Waals surface area (Å²) in [6.07, 6.45) is 7.60. The number of nitrogens with zero attached hydrogens (tertiary/aromatic N) is 2. The van der Waals surface area contributed by atoms with Gasteiger partial charge in [-0.15, -0.1) is 0 Å². The Morgan fingerprint density at radius 2 is 0.703 bits per heavy atom. The third-order valence-corrected chi connectivity index (χ3v) is 13.1. The Bertz CT molecular complexity index is 3200. The summed E-state index contributed by atoms with van der Waals surface area (Å²) in [5, 5.41) is 33.4. The normalized spacial score (nSPS) is 15.6. The maximum absolute atomic E-state index is 12.5. The zero-order valence-electron chi connectivity index (χ0n) is 35.4. The van der Waals surface area contributed by atoms with Gasteiger partial charge in [0.15, 0.2) is 0 Å². The summed E-state index contributed by atoms with van der Waals surface area (Å²) in [7, 11) is 0. The van der Waals surface area contributed by atoms with Gasteiger partial charge in [-0.3, -0.25) is 9.98 Å². The van der Waals surface area contributed by atoms with Crippen LogP contribution in [0.3, 0.4) is 0 Å². The Balaban J connectivity index is 1.00. The van der Waals surface area contributed by atoms with Gasteiger partial charge in [-0.2, -0.15) is 0 Å². The monoisotopic (exact) mass is 826 g/mol. The topological polar surface area (TPSA) is 65.2 Å². The van der Waals surface area contributed by atoms with Crippen molar-refractivity contribution in [2.75, 3.05) is 0 Å². The zero-order chi connectivity index (χ0) is 43.0. The Kier molecular flexibility index (Phi) is 10.3. The largest absolute Gasteiger partial charge is 0.507 e. The van der Waals surface area contributed by atoms with E-state index in [1.165, 1.54) is 0 Å². The van der Waals surface area contributed by atoms with E-state index in [2.05, 4.69) is 158 Å². The number of hydrogen-bond acceptors (Lipinski definition) is 4. The molecule has 308 valence electrons. The average molecular weight is 827 g/mol. The van der Waals surface area contributed by atoms with Crippen LogP contribution in [0, 0.1) is 0 Å². The molecular formula is C60H46N2O2. The smallest absolute Gasteiger partial charge is 0.132 e. The van der Waals surface area contributed by atoms with Crippen molar-refractivity contribution < 1.29 is 10.2 Å². The van der Waals surface area contributed by atoms with E-state index >= 15 is 0 Å². The number of fused-ring (bicyclic) bond motifs is 4. The number of aliphatic imine (C=N–C) groups is 2. The number of rotatable bonds is 8. The molecule has 64 heavy (non-hydrogen) atoms. The highest BCUT2D eigenvalue weighted by Gasteiger charge is 2.26. The minimum Gasteiger partial charge on any atom is -0.507 e. The van der Waals surface area contributed by atoms with Crippen molar-refractivity contribution in [3.05, 3.63) is 205 Å². The lowest BCUT2D eigenvalue weighted by atomic mass is 9.86. The highest BCUT2D eigenvalue weighted by atomic mass is 16.3. The number of benzene rings is 10. The fourth-order valence-corrected chi connectivity index (χ4v) is 10.0. The second-order valence-electron chi connectivity index (χ2n) is 16.9. The van der Waals surface area contributed by atoms with Crippen LogP contribution >= 0.6 is 0 Å². The first kappa shape index (κ1) is 39.1. The van der Waals surface area contributed by atoms with Crippen molar-refractivity contribution in [2.24, 2.45) is 9.98 Å². The first-order valence-corrected chi connectivity index (χ1v) is 22.3. The summed E-state index contributed by atoms with van der Waals surface area (Å²) in [5.74, 6) is 0.424. The van der Waals surface area contributed by atoms with Crippen LogP contribution in [0.2, 0.25) is 0 Å². The van der Waals surface area contributed by atoms with E-state index < -0.39 is 0 Å². The molecule has 1 fully saturated rings. The first-order chi connectivity index (χ1) is 31.6. The predicted octanol–water partition coefficient (Wildman–Crippen LogP) is 15.2. The van der Waals surface area contributed by atoms with E-state index in [0.717, 1.165) is 113 Å². The molecule has 0 aromatic heterocycles. The minimum atomic E-state index is -0.0958. The van der Waals surface area contributed by atoms with Crippen LogP contribution in [0.1, 0.15) is 36.8 Å². The molecule has 0 radical (unpaired) electrons. The Hall–Kier alpha value is -7.82. The molecule has 11 rings (SSSR count). The Labute approximate surface area is 373 Å². The van der Waals surface area contributed by atoms with Gasteiger partial charge in [-0.1, -0.05) is 195 Å². The van der Waals surface area contributed by atoms with Gasteiger partial charge in [0.05, 0.1) is 12.1 Å². The van der Waals surface area contributed by atoms with Gasteiger partial charge < -0.3 is 10.2 Å². The van der Waals surface area contributed by atoms with E-state index in [4.69, 9.17) is 9.98 Å². The fraction of sp³-hybridized carbons (Fsp3) is 0.100. The number of phenolic OH excluding ortho intramolecular Hbond substituents is 2. The quantitative estimate of drug-likeness (QED) is 0.150. The van der Waals surface area contributed by atoms with Gasteiger partial charge in [-0.25, -0.2) is 0 Å². The van der Waals surface area contributed by atoms with Crippen LogP contribution in [0.25, 0.3) is 87.6 Å². The highest BCUT2D eigenvalue weighted by molar-refractivity contribution is 6.16. The Morgan fingerprint density at radius 1 is 0.359 bits per heavy atom. The van der Waals surface area contributed by atoms with E-state index in [-0.39, 0.29) is 23.6 Å². The summed E-state index contributed by atoms with van der Waals surface area (Å²) in [5.41, 5.74) is 9.27. The Morgan fingerprint density at radius 3 is 1.11 bits per heavy atom. The summed E-state index contributed by atoms with van der Waals surface area (Å²) in [6, 6.07) is 66.9. The molecule has 0 amide bonds. The van der Waals surface area contributed by atoms with Crippen molar-refractivity contribution in [1.29, 1.82) is 0 Å². The van der Waals surface area contributed by atoms with Crippen molar-refractivity contribution in [2.45, 2.75) is 37.8 Å². The lowest BCUT2D eigenvalue weighted by Gasteiger charge is -2.26. The van der Waals surface area contributed by atoms with Crippen LogP contribution in [0.5, 0.6) is 11.5 Å². The van der Waals surface area contributed by atoms with E-state index in [0.29, 0.717) is 11.1 Å². The molecule has 2 atom stereocenters. The van der Waals surface area contributed by atoms with Gasteiger partial charge in [0, 0.05) is 45.8 Å². The first-order valence-electron chi connectivity index (χ1n) is 22.3. The van der Waals surface area contributed by atoms with Crippen LogP contribution in [0.4, 0.5) is 0 Å². The molecule has 1 saturated carbocycles. The maximum Gasteiger partial charge on any atom is 0.132 e. The van der Waals surface area contributed by atoms with Gasteiger partial charge in [-0.05, 0) is 90.3 Å². The van der Waals surface area contributed by atoms with Crippen LogP contribution in [-0.2, 0) is 0 Å². The molecule has 0 unspecified atom stereocenters. The van der Waals surface area contributed by atoms with Crippen LogP contribution < -0.4 is 0 Å². The molecule has 0 saturated heterocycles. The molecular weight excluding hydrogens is 781 g/mol. The molecule has 1 aliphatic carbocycles. The van der Waals surface area contributed by atoms with Gasteiger partial charge in [0.1, 0.15) is 11.5 Å². The van der Waals surface area contributed by atoms with Crippen molar-refractivity contribution in [3.8, 4) is 56.0 Å². The number of phenols is 2. The molecule has 0 spiro atoms. The standard InChI is InChI=1S/C60H46N2O2/c63-59-45(35-43-23-9-13-27-49(43)57(59)55-47-25-11-7-21-41(47)31-33-51(55)39-17-3-1-4-18-39)37-61-53-29-15-16-30-54(53)62-38-46-36-44-24-10-14-28-50(44)58(60(46)64)56-48-26-12-8-22-42(48)32-34-52(56)40-19-5-2-6-20-40/h1-14,17-28,31-38,53-54,63-64H,15-16,29-30H2/t53-,54-/m0/s1. The fourth-order valence-electron chi connectivity index (χ4n) is 10.0. The third-order valence-electron chi connectivity index (χ3n) is 13.1. The van der Waals surface area contributed by atoms with E-state index in [9.17, 15) is 10.2 Å². The van der Waals surface area contributed by atoms with Crippen molar-refractivity contribution in [1.82, 2.24) is 0 Å². The molecule has 10 aromatic rings. The van der Waals surface area contributed by atoms with E-state index in [1.807, 2.05) is 48.8 Å². The van der Waals surface area contributed by atoms with Crippen molar-refractivity contribution in [3.63, 3.8) is 0 Å². The summed E-state index contributed by atoms with van der Waals surface area (Å²) < 4.78 is 0. The molecule has 10 aromatic carbocycles. The third kappa shape index (κ3) is 7.07. The number of aromatic hydroxyl groups is 2. The molecule has 1 aliphatic rings. The lowest BCUT2D eigenvalue weighted by molar-refractivity contribution is 0.390. The van der Waals surface area contributed by atoms with Crippen LogP contribution in [-0.4, -0.2) is 34.7 Å². The summed E-state index contributed by atoms with van der Waals surface area (Å²) >= 11 is 0. The highest BCUT2D eigenvalue weighted by Crippen LogP contribution is 2.48. The van der Waals surface area contributed by atoms with Crippen molar-refractivity contribution >= 4 is 55.5 Å². The second-order valence-corrected chi connectivity index (χ2v) is 16.9. The van der Waals surface area contributed by atoms with Gasteiger partial charge in [0.2, 0.25) is 0 Å². The molecule has 0 aliphatic heterocycles. The second kappa shape index (κ2) is 16.8. The minimum absolute atomic E-state index is 0.0958. The maximum atomic E-state index is 12.5. The number of hydrogen-bond donors (Lipinski definition) is 2. The summed E-state index contributed by atoms with van der Waals surface area (Å²) in [6.45, 7) is 0. The van der Waals surface area contributed by atoms with Gasteiger partial charge >= 0.3 is 0 Å². The predicted molar refractivity (Wildman–Crippen MR) is 269 cm³/mol. The van der Waals surface area contributed by atoms with E-state index in [1.54, 1.807) is 0 Å². The molecule has 0 bridgehead atoms.